The summed E-state index contributed by atoms with van der Waals surface area (Å²) in [6.45, 7) is 0. The van der Waals surface area contributed by atoms with Crippen LogP contribution < -0.4 is 14.2 Å². The third kappa shape index (κ3) is 2.92. The SMILES string of the molecule is COc1ccc(-c2cccc(OC)c2OC)cc1CC#N. The first kappa shape index (κ1) is 14.7. The number of ether oxygens (including phenoxy) is 3. The van der Waals surface area contributed by atoms with Crippen molar-refractivity contribution in [1.82, 2.24) is 0 Å². The lowest BCUT2D eigenvalue weighted by atomic mass is 10.00. The van der Waals surface area contributed by atoms with E-state index in [9.17, 15) is 0 Å². The smallest absolute Gasteiger partial charge is 0.168 e. The second-order valence-corrected chi connectivity index (χ2v) is 4.40. The fraction of sp³-hybridized carbons (Fsp3) is 0.235. The number of hydrogen-bond acceptors (Lipinski definition) is 4. The van der Waals surface area contributed by atoms with Crippen molar-refractivity contribution >= 4 is 0 Å². The van der Waals surface area contributed by atoms with Crippen LogP contribution in [0.25, 0.3) is 11.1 Å². The molecular formula is C17H17NO3. The van der Waals surface area contributed by atoms with Crippen molar-refractivity contribution in [2.75, 3.05) is 21.3 Å². The maximum absolute atomic E-state index is 8.93. The molecule has 0 amide bonds. The molecule has 0 unspecified atom stereocenters. The van der Waals surface area contributed by atoms with E-state index in [0.717, 1.165) is 16.7 Å². The molecule has 0 aliphatic rings. The summed E-state index contributed by atoms with van der Waals surface area (Å²) in [6, 6.07) is 13.6. The van der Waals surface area contributed by atoms with Gasteiger partial charge in [0.05, 0.1) is 33.8 Å². The van der Waals surface area contributed by atoms with Gasteiger partial charge in [0.1, 0.15) is 5.75 Å². The van der Waals surface area contributed by atoms with Gasteiger partial charge in [-0.05, 0) is 23.8 Å². The third-order valence-corrected chi connectivity index (χ3v) is 3.26. The summed E-state index contributed by atoms with van der Waals surface area (Å²) in [5.41, 5.74) is 2.72. The number of nitrogens with zero attached hydrogens (tertiary/aromatic N) is 1. The minimum atomic E-state index is 0.295. The second-order valence-electron chi connectivity index (χ2n) is 4.40. The van der Waals surface area contributed by atoms with Crippen LogP contribution in [0.3, 0.4) is 0 Å². The van der Waals surface area contributed by atoms with Crippen molar-refractivity contribution in [3.8, 4) is 34.4 Å². The highest BCUT2D eigenvalue weighted by Gasteiger charge is 2.13. The molecule has 21 heavy (non-hydrogen) atoms. The summed E-state index contributed by atoms with van der Waals surface area (Å²) >= 11 is 0. The molecule has 108 valence electrons. The topological polar surface area (TPSA) is 51.5 Å². The van der Waals surface area contributed by atoms with Gasteiger partial charge in [-0.25, -0.2) is 0 Å². The first-order valence-corrected chi connectivity index (χ1v) is 6.50. The number of para-hydroxylation sites is 1. The van der Waals surface area contributed by atoms with Crippen LogP contribution in [0.4, 0.5) is 0 Å². The van der Waals surface area contributed by atoms with Crippen LogP contribution in [-0.4, -0.2) is 21.3 Å². The minimum Gasteiger partial charge on any atom is -0.496 e. The molecule has 0 fully saturated rings. The lowest BCUT2D eigenvalue weighted by Crippen LogP contribution is -1.95. The van der Waals surface area contributed by atoms with Gasteiger partial charge in [-0.3, -0.25) is 0 Å². The Morgan fingerprint density at radius 3 is 2.33 bits per heavy atom. The van der Waals surface area contributed by atoms with E-state index >= 15 is 0 Å². The van der Waals surface area contributed by atoms with Gasteiger partial charge in [0.2, 0.25) is 0 Å². The molecule has 4 heteroatoms. The summed E-state index contributed by atoms with van der Waals surface area (Å²) < 4.78 is 16.1. The fourth-order valence-electron chi connectivity index (χ4n) is 2.28. The standard InChI is InChI=1S/C17H17NO3/c1-19-15-8-7-12(11-13(15)9-10-18)14-5-4-6-16(20-2)17(14)21-3/h4-8,11H,9H2,1-3H3. The quantitative estimate of drug-likeness (QED) is 0.843. The van der Waals surface area contributed by atoms with E-state index in [1.54, 1.807) is 21.3 Å². The maximum Gasteiger partial charge on any atom is 0.168 e. The van der Waals surface area contributed by atoms with E-state index in [0.29, 0.717) is 23.7 Å². The summed E-state index contributed by atoms with van der Waals surface area (Å²) in [4.78, 5) is 0. The molecule has 4 nitrogen and oxygen atoms in total. The van der Waals surface area contributed by atoms with Gasteiger partial charge in [-0.15, -0.1) is 0 Å². The Morgan fingerprint density at radius 2 is 1.71 bits per heavy atom. The highest BCUT2D eigenvalue weighted by molar-refractivity contribution is 5.75. The van der Waals surface area contributed by atoms with E-state index in [1.807, 2.05) is 36.4 Å². The highest BCUT2D eigenvalue weighted by Crippen LogP contribution is 2.39. The number of hydrogen-bond donors (Lipinski definition) is 0. The molecule has 0 aliphatic carbocycles. The number of rotatable bonds is 5. The summed E-state index contributed by atoms with van der Waals surface area (Å²) in [6.07, 6.45) is 0.295. The van der Waals surface area contributed by atoms with Gasteiger partial charge < -0.3 is 14.2 Å². The average Bonchev–Trinajstić information content (AvgIpc) is 2.54. The molecule has 0 atom stereocenters. The van der Waals surface area contributed by atoms with Gasteiger partial charge in [0, 0.05) is 11.1 Å². The van der Waals surface area contributed by atoms with Crippen molar-refractivity contribution < 1.29 is 14.2 Å². The van der Waals surface area contributed by atoms with Gasteiger partial charge >= 0.3 is 0 Å². The van der Waals surface area contributed by atoms with Crippen LogP contribution in [0.1, 0.15) is 5.56 Å². The molecule has 0 saturated heterocycles. The molecule has 2 rings (SSSR count). The van der Waals surface area contributed by atoms with Crippen molar-refractivity contribution in [3.63, 3.8) is 0 Å². The van der Waals surface area contributed by atoms with E-state index in [4.69, 9.17) is 19.5 Å². The summed E-state index contributed by atoms with van der Waals surface area (Å²) in [7, 11) is 4.82. The largest absolute Gasteiger partial charge is 0.496 e. The Labute approximate surface area is 124 Å². The predicted octanol–water partition coefficient (Wildman–Crippen LogP) is 3.45. The first-order chi connectivity index (χ1) is 10.2. The zero-order valence-electron chi connectivity index (χ0n) is 12.3. The van der Waals surface area contributed by atoms with Crippen LogP contribution in [0.15, 0.2) is 36.4 Å². The Bertz CT molecular complexity index is 674. The Balaban J connectivity index is 2.57. The van der Waals surface area contributed by atoms with Crippen molar-refractivity contribution in [2.45, 2.75) is 6.42 Å². The van der Waals surface area contributed by atoms with E-state index < -0.39 is 0 Å². The average molecular weight is 283 g/mol. The minimum absolute atomic E-state index is 0.295. The van der Waals surface area contributed by atoms with E-state index in [2.05, 4.69) is 6.07 Å². The molecule has 0 spiro atoms. The van der Waals surface area contributed by atoms with Gasteiger partial charge in [-0.2, -0.15) is 5.26 Å². The molecule has 0 heterocycles. The molecular weight excluding hydrogens is 266 g/mol. The van der Waals surface area contributed by atoms with E-state index in [1.165, 1.54) is 0 Å². The highest BCUT2D eigenvalue weighted by atomic mass is 16.5. The fourth-order valence-corrected chi connectivity index (χ4v) is 2.28. The maximum atomic E-state index is 8.93. The molecule has 2 aromatic rings. The monoisotopic (exact) mass is 283 g/mol. The first-order valence-electron chi connectivity index (χ1n) is 6.50. The van der Waals surface area contributed by atoms with Crippen LogP contribution in [0.5, 0.6) is 17.2 Å². The number of methoxy groups -OCH3 is 3. The lowest BCUT2D eigenvalue weighted by molar-refractivity contribution is 0.356. The predicted molar refractivity (Wildman–Crippen MR) is 80.9 cm³/mol. The summed E-state index contributed by atoms with van der Waals surface area (Å²) in [5.74, 6) is 2.06. The van der Waals surface area contributed by atoms with Crippen molar-refractivity contribution in [1.29, 1.82) is 5.26 Å². The second kappa shape index (κ2) is 6.67. The van der Waals surface area contributed by atoms with Crippen molar-refractivity contribution in [3.05, 3.63) is 42.0 Å². The van der Waals surface area contributed by atoms with Crippen LogP contribution in [0.2, 0.25) is 0 Å². The van der Waals surface area contributed by atoms with Crippen molar-refractivity contribution in [2.24, 2.45) is 0 Å². The molecule has 0 bridgehead atoms. The van der Waals surface area contributed by atoms with Crippen LogP contribution in [-0.2, 0) is 6.42 Å². The van der Waals surface area contributed by atoms with Gasteiger partial charge in [0.15, 0.2) is 11.5 Å². The molecule has 0 aliphatic heterocycles. The Morgan fingerprint density at radius 1 is 0.952 bits per heavy atom. The van der Waals surface area contributed by atoms with E-state index in [-0.39, 0.29) is 0 Å². The van der Waals surface area contributed by atoms with Gasteiger partial charge in [-0.1, -0.05) is 18.2 Å². The zero-order valence-corrected chi connectivity index (χ0v) is 12.3. The van der Waals surface area contributed by atoms with Crippen LogP contribution in [0, 0.1) is 11.3 Å². The number of benzene rings is 2. The zero-order chi connectivity index (χ0) is 15.2. The third-order valence-electron chi connectivity index (χ3n) is 3.26. The Kier molecular flexibility index (Phi) is 4.68. The van der Waals surface area contributed by atoms with Crippen LogP contribution >= 0.6 is 0 Å². The molecule has 2 aromatic carbocycles. The molecule has 0 radical (unpaired) electrons. The Hall–Kier alpha value is -2.67. The lowest BCUT2D eigenvalue weighted by Gasteiger charge is -2.14. The summed E-state index contributed by atoms with van der Waals surface area (Å²) in [5, 5.41) is 8.93. The molecule has 0 saturated carbocycles. The molecule has 0 N–H and O–H groups in total. The number of nitriles is 1. The van der Waals surface area contributed by atoms with Gasteiger partial charge in [0.25, 0.3) is 0 Å². The molecule has 0 aromatic heterocycles. The normalized spacial score (nSPS) is 9.81.